The lowest BCUT2D eigenvalue weighted by Crippen LogP contribution is -2.41. The molecule has 1 saturated heterocycles. The highest BCUT2D eigenvalue weighted by atomic mass is 32.2. The van der Waals surface area contributed by atoms with Gasteiger partial charge in [0.15, 0.2) is 0 Å². The summed E-state index contributed by atoms with van der Waals surface area (Å²) < 4.78 is 27.3. The number of nitrogens with one attached hydrogen (secondary N) is 1. The Morgan fingerprint density at radius 3 is 2.22 bits per heavy atom. The molecule has 1 aliphatic heterocycles. The first-order chi connectivity index (χ1) is 10.3. The lowest BCUT2D eigenvalue weighted by molar-refractivity contribution is 0.00578. The summed E-state index contributed by atoms with van der Waals surface area (Å²) in [4.78, 5) is 1.13. The smallest absolute Gasteiger partial charge is 0.495 e. The van der Waals surface area contributed by atoms with Crippen LogP contribution in [0.1, 0.15) is 66.3 Å². The Labute approximate surface area is 147 Å². The van der Waals surface area contributed by atoms with Crippen molar-refractivity contribution in [3.63, 3.8) is 0 Å². The molecule has 0 aliphatic carbocycles. The fraction of sp³-hybridized carbons (Fsp3) is 0.750. The van der Waals surface area contributed by atoms with Gasteiger partial charge < -0.3 is 13.9 Å². The fourth-order valence-electron chi connectivity index (χ4n) is 2.09. The lowest BCUT2D eigenvalue weighted by atomic mass is 9.81. The van der Waals surface area contributed by atoms with Gasteiger partial charge in [0.1, 0.15) is 4.75 Å². The van der Waals surface area contributed by atoms with Crippen molar-refractivity contribution in [2.45, 2.75) is 77.4 Å². The van der Waals surface area contributed by atoms with E-state index in [2.05, 4.69) is 43.9 Å². The largest absolute Gasteiger partial charge is 0.598 e. The zero-order chi connectivity index (χ0) is 17.6. The number of hydrogen-bond acceptors (Lipinski definition) is 5. The van der Waals surface area contributed by atoms with Crippen molar-refractivity contribution in [3.8, 4) is 0 Å². The standard InChI is InChI=1S/C16H28BNO3S2/c1-11(18-23(19)14(2,3)4)13-9-12(10-22-13)17-20-15(5,6)16(7,8)21-17/h9-11,18H,1-8H3/t11?,23-/m1/s1. The summed E-state index contributed by atoms with van der Waals surface area (Å²) in [5.41, 5.74) is 0.355. The maximum Gasteiger partial charge on any atom is 0.495 e. The van der Waals surface area contributed by atoms with Crippen LogP contribution in [0.15, 0.2) is 11.4 Å². The molecule has 0 aromatic carbocycles. The normalized spacial score (nSPS) is 23.1. The number of rotatable bonds is 4. The van der Waals surface area contributed by atoms with Crippen molar-refractivity contribution in [2.75, 3.05) is 0 Å². The van der Waals surface area contributed by atoms with E-state index < -0.39 is 11.4 Å². The molecule has 0 saturated carbocycles. The lowest BCUT2D eigenvalue weighted by Gasteiger charge is -2.32. The molecule has 0 radical (unpaired) electrons. The molecule has 1 aromatic rings. The van der Waals surface area contributed by atoms with E-state index in [4.69, 9.17) is 9.31 Å². The molecule has 1 fully saturated rings. The molecule has 4 nitrogen and oxygen atoms in total. The highest BCUT2D eigenvalue weighted by molar-refractivity contribution is 7.90. The Hall–Kier alpha value is -0.0451. The average molecular weight is 357 g/mol. The van der Waals surface area contributed by atoms with E-state index in [9.17, 15) is 4.55 Å². The van der Waals surface area contributed by atoms with Crippen molar-refractivity contribution >= 4 is 35.3 Å². The van der Waals surface area contributed by atoms with Crippen LogP contribution in [0.2, 0.25) is 0 Å². The van der Waals surface area contributed by atoms with Gasteiger partial charge in [0.2, 0.25) is 0 Å². The van der Waals surface area contributed by atoms with E-state index in [1.165, 1.54) is 0 Å². The Morgan fingerprint density at radius 1 is 1.22 bits per heavy atom. The molecule has 0 amide bonds. The van der Waals surface area contributed by atoms with Crippen LogP contribution in [-0.2, 0) is 20.7 Å². The molecule has 1 aliphatic rings. The summed E-state index contributed by atoms with van der Waals surface area (Å²) in [6, 6.07) is 2.11. The first-order valence-corrected chi connectivity index (χ1v) is 9.98. The zero-order valence-corrected chi connectivity index (χ0v) is 17.0. The van der Waals surface area contributed by atoms with Crippen molar-refractivity contribution in [3.05, 3.63) is 16.3 Å². The van der Waals surface area contributed by atoms with Gasteiger partial charge >= 0.3 is 7.12 Å². The summed E-state index contributed by atoms with van der Waals surface area (Å²) >= 11 is 0.549. The zero-order valence-electron chi connectivity index (χ0n) is 15.4. The van der Waals surface area contributed by atoms with E-state index in [1.54, 1.807) is 11.3 Å². The van der Waals surface area contributed by atoms with Gasteiger partial charge in [-0.15, -0.1) is 16.1 Å². The summed E-state index contributed by atoms with van der Waals surface area (Å²) in [5.74, 6) is 0. The maximum atomic E-state index is 12.2. The van der Waals surface area contributed by atoms with Crippen LogP contribution >= 0.6 is 11.3 Å². The molecule has 0 bridgehead atoms. The third-order valence-electron chi connectivity index (χ3n) is 4.43. The Balaban J connectivity index is 2.07. The second-order valence-electron chi connectivity index (χ2n) is 8.09. The summed E-state index contributed by atoms with van der Waals surface area (Å²) in [6.07, 6.45) is 0. The molecule has 2 rings (SSSR count). The topological polar surface area (TPSA) is 53.5 Å². The SMILES string of the molecule is CC(N[S@+]([O-])C(C)(C)C)c1cc(B2OC(C)(C)C(C)(C)O2)cs1. The molecule has 130 valence electrons. The maximum absolute atomic E-state index is 12.2. The highest BCUT2D eigenvalue weighted by Gasteiger charge is 2.52. The van der Waals surface area contributed by atoms with Crippen molar-refractivity contribution in [2.24, 2.45) is 0 Å². The summed E-state index contributed by atoms with van der Waals surface area (Å²) in [6.45, 7) is 16.1. The van der Waals surface area contributed by atoms with Gasteiger partial charge in [0, 0.05) is 16.2 Å². The number of thiophene rings is 1. The molecule has 1 unspecified atom stereocenters. The number of hydrogen-bond donors (Lipinski definition) is 1. The summed E-state index contributed by atoms with van der Waals surface area (Å²) in [5, 5.41) is 2.07. The summed E-state index contributed by atoms with van der Waals surface area (Å²) in [7, 11) is -0.342. The van der Waals surface area contributed by atoms with Crippen LogP contribution in [-0.4, -0.2) is 27.6 Å². The minimum Gasteiger partial charge on any atom is -0.598 e. The first kappa shape index (κ1) is 19.3. The molecule has 1 aromatic heterocycles. The van der Waals surface area contributed by atoms with Gasteiger partial charge in [-0.05, 0) is 72.3 Å². The molecule has 2 heterocycles. The van der Waals surface area contributed by atoms with Gasteiger partial charge in [-0.25, -0.2) is 0 Å². The van der Waals surface area contributed by atoms with E-state index in [0.717, 1.165) is 10.3 Å². The van der Waals surface area contributed by atoms with E-state index in [0.29, 0.717) is 0 Å². The quantitative estimate of drug-likeness (QED) is 0.664. The van der Waals surface area contributed by atoms with E-state index in [1.807, 2.05) is 27.7 Å². The minimum absolute atomic E-state index is 0.0243. The van der Waals surface area contributed by atoms with Crippen molar-refractivity contribution < 1.29 is 13.9 Å². The van der Waals surface area contributed by atoms with Crippen LogP contribution in [0.3, 0.4) is 0 Å². The van der Waals surface area contributed by atoms with Gasteiger partial charge in [0.05, 0.1) is 17.2 Å². The molecular formula is C16H28BNO3S2. The predicted molar refractivity (Wildman–Crippen MR) is 99.5 cm³/mol. The predicted octanol–water partition coefficient (Wildman–Crippen LogP) is 3.16. The van der Waals surface area contributed by atoms with Gasteiger partial charge in [-0.3, -0.25) is 0 Å². The Kier molecular flexibility index (Phi) is 5.33. The van der Waals surface area contributed by atoms with Crippen LogP contribution in [0, 0.1) is 0 Å². The van der Waals surface area contributed by atoms with Crippen LogP contribution < -0.4 is 10.2 Å². The molecule has 7 heteroatoms. The Morgan fingerprint density at radius 2 is 1.74 bits per heavy atom. The average Bonchev–Trinajstić information content (AvgIpc) is 2.92. The van der Waals surface area contributed by atoms with Gasteiger partial charge in [-0.1, -0.05) is 0 Å². The minimum atomic E-state index is -1.09. The molecule has 0 spiro atoms. The second kappa shape index (κ2) is 6.35. The van der Waals surface area contributed by atoms with E-state index >= 15 is 0 Å². The highest BCUT2D eigenvalue weighted by Crippen LogP contribution is 2.37. The second-order valence-corrected chi connectivity index (χ2v) is 11.0. The third-order valence-corrected chi connectivity index (χ3v) is 7.25. The molecular weight excluding hydrogens is 329 g/mol. The van der Waals surface area contributed by atoms with Gasteiger partial charge in [-0.2, -0.15) is 0 Å². The van der Waals surface area contributed by atoms with Crippen molar-refractivity contribution in [1.29, 1.82) is 0 Å². The van der Waals surface area contributed by atoms with Gasteiger partial charge in [0.25, 0.3) is 0 Å². The third kappa shape index (κ3) is 4.14. The fourth-order valence-corrected chi connectivity index (χ4v) is 3.89. The molecule has 23 heavy (non-hydrogen) atoms. The van der Waals surface area contributed by atoms with Crippen LogP contribution in [0.5, 0.6) is 0 Å². The monoisotopic (exact) mass is 357 g/mol. The van der Waals surface area contributed by atoms with E-state index in [-0.39, 0.29) is 29.1 Å². The molecule has 1 N–H and O–H groups in total. The van der Waals surface area contributed by atoms with Crippen LogP contribution in [0.4, 0.5) is 0 Å². The van der Waals surface area contributed by atoms with Crippen LogP contribution in [0.25, 0.3) is 0 Å². The van der Waals surface area contributed by atoms with Crippen molar-refractivity contribution in [1.82, 2.24) is 4.72 Å². The first-order valence-electron chi connectivity index (χ1n) is 7.95. The molecule has 2 atom stereocenters. The Bertz CT molecular complexity index is 538.